The highest BCUT2D eigenvalue weighted by Gasteiger charge is 2.09. The number of hydrogen-bond acceptors (Lipinski definition) is 4. The van der Waals surface area contributed by atoms with Crippen LogP contribution in [0.5, 0.6) is 0 Å². The molecule has 8 nitrogen and oxygen atoms in total. The van der Waals surface area contributed by atoms with E-state index in [1.807, 2.05) is 0 Å². The van der Waals surface area contributed by atoms with Crippen LogP contribution in [0.4, 0.5) is 0 Å². The standard InChI is InChI=1S/C12H20N4O4/c17-9-3-1-2-4-10(18)16-8-12(20)14-6-5-13-11(19)7-15-9/h1-8H2,(H,13,19)(H,14,20)(H,15,17)(H,16,18). The Bertz CT molecular complexity index is 312. The second-order valence-electron chi connectivity index (χ2n) is 4.46. The number of rotatable bonds is 0. The first kappa shape index (κ1) is 15.9. The summed E-state index contributed by atoms with van der Waals surface area (Å²) in [5.41, 5.74) is 0. The maximum absolute atomic E-state index is 11.4. The number of carbonyl (C=O) groups is 4. The van der Waals surface area contributed by atoms with Crippen LogP contribution in [0.1, 0.15) is 25.7 Å². The van der Waals surface area contributed by atoms with Crippen LogP contribution in [0.15, 0.2) is 0 Å². The Balaban J connectivity index is 2.41. The number of hydrogen-bond donors (Lipinski definition) is 4. The molecule has 0 aromatic rings. The van der Waals surface area contributed by atoms with Gasteiger partial charge in [0.1, 0.15) is 0 Å². The van der Waals surface area contributed by atoms with E-state index in [2.05, 4.69) is 21.3 Å². The van der Waals surface area contributed by atoms with Crippen LogP contribution in [0.25, 0.3) is 0 Å². The summed E-state index contributed by atoms with van der Waals surface area (Å²) in [5.74, 6) is -1.01. The summed E-state index contributed by atoms with van der Waals surface area (Å²) < 4.78 is 0. The minimum Gasteiger partial charge on any atom is -0.353 e. The second kappa shape index (κ2) is 8.89. The smallest absolute Gasteiger partial charge is 0.239 e. The molecule has 0 saturated carbocycles. The van der Waals surface area contributed by atoms with Gasteiger partial charge in [0.15, 0.2) is 0 Å². The Morgan fingerprint density at radius 2 is 0.950 bits per heavy atom. The van der Waals surface area contributed by atoms with Gasteiger partial charge in [-0.05, 0) is 12.8 Å². The lowest BCUT2D eigenvalue weighted by molar-refractivity contribution is -0.127. The van der Waals surface area contributed by atoms with Gasteiger partial charge < -0.3 is 21.3 Å². The van der Waals surface area contributed by atoms with Crippen LogP contribution in [0.2, 0.25) is 0 Å². The van der Waals surface area contributed by atoms with Gasteiger partial charge in [-0.2, -0.15) is 0 Å². The van der Waals surface area contributed by atoms with E-state index in [1.165, 1.54) is 0 Å². The zero-order valence-corrected chi connectivity index (χ0v) is 11.3. The van der Waals surface area contributed by atoms with Gasteiger partial charge in [-0.15, -0.1) is 0 Å². The summed E-state index contributed by atoms with van der Waals surface area (Å²) in [6.07, 6.45) is 1.68. The van der Waals surface area contributed by atoms with Crippen LogP contribution in [-0.2, 0) is 19.2 Å². The summed E-state index contributed by atoms with van der Waals surface area (Å²) in [4.78, 5) is 45.5. The SMILES string of the molecule is O=C1CCCCC(=O)NCC(=O)NCCNC(=O)CN1. The van der Waals surface area contributed by atoms with Crippen molar-refractivity contribution in [3.05, 3.63) is 0 Å². The molecular weight excluding hydrogens is 264 g/mol. The second-order valence-corrected chi connectivity index (χ2v) is 4.46. The quantitative estimate of drug-likeness (QED) is 0.412. The molecule has 1 saturated heterocycles. The normalized spacial score (nSPS) is 20.4. The average Bonchev–Trinajstić information content (AvgIpc) is 2.42. The molecule has 112 valence electrons. The molecule has 1 fully saturated rings. The fourth-order valence-corrected chi connectivity index (χ4v) is 1.63. The molecule has 0 aromatic carbocycles. The summed E-state index contributed by atoms with van der Waals surface area (Å²) >= 11 is 0. The molecule has 0 atom stereocenters. The van der Waals surface area contributed by atoms with E-state index in [0.717, 1.165) is 0 Å². The number of amides is 4. The molecule has 1 aliphatic rings. The van der Waals surface area contributed by atoms with Crippen molar-refractivity contribution in [2.24, 2.45) is 0 Å². The predicted molar refractivity (Wildman–Crippen MR) is 70.5 cm³/mol. The van der Waals surface area contributed by atoms with Crippen molar-refractivity contribution in [2.45, 2.75) is 25.7 Å². The van der Waals surface area contributed by atoms with Crippen molar-refractivity contribution in [1.29, 1.82) is 0 Å². The van der Waals surface area contributed by atoms with Crippen LogP contribution in [0.3, 0.4) is 0 Å². The molecule has 1 aliphatic heterocycles. The van der Waals surface area contributed by atoms with E-state index in [0.29, 0.717) is 12.8 Å². The van der Waals surface area contributed by atoms with Crippen molar-refractivity contribution < 1.29 is 19.2 Å². The molecule has 0 aliphatic carbocycles. The van der Waals surface area contributed by atoms with Crippen molar-refractivity contribution in [2.75, 3.05) is 26.2 Å². The van der Waals surface area contributed by atoms with Crippen LogP contribution in [-0.4, -0.2) is 49.8 Å². The summed E-state index contributed by atoms with van der Waals surface area (Å²) in [6, 6.07) is 0. The van der Waals surface area contributed by atoms with E-state index in [4.69, 9.17) is 0 Å². The third-order valence-corrected chi connectivity index (χ3v) is 2.72. The summed E-state index contributed by atoms with van der Waals surface area (Å²) in [7, 11) is 0. The van der Waals surface area contributed by atoms with Crippen molar-refractivity contribution in [3.63, 3.8) is 0 Å². The fraction of sp³-hybridized carbons (Fsp3) is 0.667. The van der Waals surface area contributed by atoms with Gasteiger partial charge in [0.2, 0.25) is 23.6 Å². The molecule has 4 N–H and O–H groups in total. The minimum absolute atomic E-state index is 0.0761. The molecule has 20 heavy (non-hydrogen) atoms. The maximum Gasteiger partial charge on any atom is 0.239 e. The first-order valence-electron chi connectivity index (χ1n) is 6.64. The van der Waals surface area contributed by atoms with E-state index in [9.17, 15) is 19.2 Å². The monoisotopic (exact) mass is 284 g/mol. The zero-order chi connectivity index (χ0) is 14.8. The first-order chi connectivity index (χ1) is 9.58. The molecule has 4 amide bonds. The highest BCUT2D eigenvalue weighted by Crippen LogP contribution is 1.99. The molecule has 0 aromatic heterocycles. The topological polar surface area (TPSA) is 116 Å². The van der Waals surface area contributed by atoms with E-state index in [-0.39, 0.29) is 62.6 Å². The van der Waals surface area contributed by atoms with Gasteiger partial charge in [-0.3, -0.25) is 19.2 Å². The van der Waals surface area contributed by atoms with Gasteiger partial charge in [-0.1, -0.05) is 0 Å². The molecule has 0 bridgehead atoms. The van der Waals surface area contributed by atoms with Crippen molar-refractivity contribution in [1.82, 2.24) is 21.3 Å². The van der Waals surface area contributed by atoms with E-state index in [1.54, 1.807) is 0 Å². The lowest BCUT2D eigenvalue weighted by Crippen LogP contribution is -2.42. The highest BCUT2D eigenvalue weighted by atomic mass is 16.2. The van der Waals surface area contributed by atoms with Gasteiger partial charge in [0.25, 0.3) is 0 Å². The summed E-state index contributed by atoms with van der Waals surface area (Å²) in [6.45, 7) is 0.392. The Kier molecular flexibility index (Phi) is 7.08. The number of nitrogens with one attached hydrogen (secondary N) is 4. The van der Waals surface area contributed by atoms with Gasteiger partial charge >= 0.3 is 0 Å². The molecule has 0 unspecified atom stereocenters. The van der Waals surface area contributed by atoms with E-state index < -0.39 is 0 Å². The van der Waals surface area contributed by atoms with E-state index >= 15 is 0 Å². The Hall–Kier alpha value is -2.12. The summed E-state index contributed by atoms with van der Waals surface area (Å²) in [5, 5.41) is 10.1. The van der Waals surface area contributed by atoms with Crippen LogP contribution >= 0.6 is 0 Å². The van der Waals surface area contributed by atoms with Crippen molar-refractivity contribution >= 4 is 23.6 Å². The van der Waals surface area contributed by atoms with Gasteiger partial charge in [0.05, 0.1) is 13.1 Å². The predicted octanol–water partition coefficient (Wildman–Crippen LogP) is -1.97. The lowest BCUT2D eigenvalue weighted by Gasteiger charge is -2.10. The molecule has 1 heterocycles. The largest absolute Gasteiger partial charge is 0.353 e. The fourth-order valence-electron chi connectivity index (χ4n) is 1.63. The van der Waals surface area contributed by atoms with Crippen LogP contribution in [0, 0.1) is 0 Å². The molecule has 0 radical (unpaired) electrons. The number of carbonyl (C=O) groups excluding carboxylic acids is 4. The van der Waals surface area contributed by atoms with Crippen molar-refractivity contribution in [3.8, 4) is 0 Å². The zero-order valence-electron chi connectivity index (χ0n) is 11.3. The first-order valence-corrected chi connectivity index (χ1v) is 6.64. The Morgan fingerprint density at radius 3 is 1.35 bits per heavy atom. The lowest BCUT2D eigenvalue weighted by atomic mass is 10.2. The highest BCUT2D eigenvalue weighted by molar-refractivity contribution is 5.85. The average molecular weight is 284 g/mol. The third kappa shape index (κ3) is 7.34. The van der Waals surface area contributed by atoms with Gasteiger partial charge in [0, 0.05) is 25.9 Å². The Morgan fingerprint density at radius 1 is 0.550 bits per heavy atom. The maximum atomic E-state index is 11.4. The minimum atomic E-state index is -0.298. The molecule has 8 heteroatoms. The Labute approximate surface area is 117 Å². The van der Waals surface area contributed by atoms with Crippen LogP contribution < -0.4 is 21.3 Å². The molecule has 0 spiro atoms. The molecule has 1 rings (SSSR count). The van der Waals surface area contributed by atoms with Gasteiger partial charge in [-0.25, -0.2) is 0 Å². The molecular formula is C12H20N4O4. The third-order valence-electron chi connectivity index (χ3n) is 2.72.